The number of anilines is 1. The molecule has 0 unspecified atom stereocenters. The van der Waals surface area contributed by atoms with Crippen LogP contribution < -0.4 is 10.1 Å². The zero-order valence-corrected chi connectivity index (χ0v) is 18.9. The van der Waals surface area contributed by atoms with Crippen molar-refractivity contribution < 1.29 is 19.4 Å². The molecule has 2 heterocycles. The van der Waals surface area contributed by atoms with Crippen LogP contribution in [0.5, 0.6) is 5.75 Å². The molecule has 9 heteroatoms. The molecule has 0 spiro atoms. The van der Waals surface area contributed by atoms with Crippen molar-refractivity contribution in [1.29, 1.82) is 0 Å². The standard InChI is InChI=1S/C25H25N5O4/c1-17-24(26-25(33)21-12-14-29(28-21)15-13-23(31)32)18(2)30(27-17)16-34-22-11-7-6-10-20(22)19-8-4-3-5-9-19/h3-12,14H,13,15-16H2,1-2H3,(H,26,33)(H,31,32). The second-order valence-electron chi connectivity index (χ2n) is 7.74. The molecule has 4 aromatic rings. The van der Waals surface area contributed by atoms with Gasteiger partial charge in [0.2, 0.25) is 0 Å². The van der Waals surface area contributed by atoms with E-state index < -0.39 is 11.9 Å². The van der Waals surface area contributed by atoms with Crippen molar-refractivity contribution in [1.82, 2.24) is 19.6 Å². The maximum absolute atomic E-state index is 12.7. The molecule has 0 fully saturated rings. The first kappa shape index (κ1) is 22.8. The van der Waals surface area contributed by atoms with Gasteiger partial charge in [0.1, 0.15) is 5.75 Å². The molecular formula is C25H25N5O4. The van der Waals surface area contributed by atoms with Crippen LogP contribution in [0, 0.1) is 13.8 Å². The van der Waals surface area contributed by atoms with Crippen LogP contribution in [-0.2, 0) is 18.1 Å². The quantitative estimate of drug-likeness (QED) is 0.389. The Morgan fingerprint density at radius 2 is 1.74 bits per heavy atom. The van der Waals surface area contributed by atoms with Crippen molar-refractivity contribution in [2.45, 2.75) is 33.5 Å². The third kappa shape index (κ3) is 5.15. The lowest BCUT2D eigenvalue weighted by Gasteiger charge is -2.13. The molecular weight excluding hydrogens is 434 g/mol. The van der Waals surface area contributed by atoms with Gasteiger partial charge in [-0.05, 0) is 31.5 Å². The Kier molecular flexibility index (Phi) is 6.72. The Hall–Kier alpha value is -4.40. The number of aliphatic carboxylic acids is 1. The minimum atomic E-state index is -0.922. The molecule has 0 aliphatic carbocycles. The molecule has 0 saturated carbocycles. The Balaban J connectivity index is 1.46. The summed E-state index contributed by atoms with van der Waals surface area (Å²) in [6, 6.07) is 19.4. The number of nitrogens with zero attached hydrogens (tertiary/aromatic N) is 4. The SMILES string of the molecule is Cc1nn(COc2ccccc2-c2ccccc2)c(C)c1NC(=O)c1ccn(CCC(=O)O)n1. The predicted octanol–water partition coefficient (Wildman–Crippen LogP) is 4.13. The van der Waals surface area contributed by atoms with Gasteiger partial charge in [-0.3, -0.25) is 14.3 Å². The fourth-order valence-electron chi connectivity index (χ4n) is 3.58. The number of aryl methyl sites for hydroxylation is 2. The van der Waals surface area contributed by atoms with Crippen LogP contribution in [0.1, 0.15) is 28.3 Å². The molecule has 0 saturated heterocycles. The van der Waals surface area contributed by atoms with Crippen molar-refractivity contribution in [3.8, 4) is 16.9 Å². The van der Waals surface area contributed by atoms with Crippen LogP contribution in [0.4, 0.5) is 5.69 Å². The van der Waals surface area contributed by atoms with E-state index in [1.807, 2.05) is 68.4 Å². The number of carboxylic acids is 1. The maximum Gasteiger partial charge on any atom is 0.305 e. The number of carboxylic acid groups (broad SMARTS) is 1. The molecule has 174 valence electrons. The van der Waals surface area contributed by atoms with Gasteiger partial charge in [0.15, 0.2) is 12.4 Å². The van der Waals surface area contributed by atoms with Crippen molar-refractivity contribution in [2.24, 2.45) is 0 Å². The first-order valence-electron chi connectivity index (χ1n) is 10.8. The van der Waals surface area contributed by atoms with E-state index >= 15 is 0 Å². The first-order valence-corrected chi connectivity index (χ1v) is 10.8. The van der Waals surface area contributed by atoms with Crippen molar-refractivity contribution in [3.05, 3.63) is 83.9 Å². The molecule has 2 N–H and O–H groups in total. The minimum absolute atomic E-state index is 0.0683. The largest absolute Gasteiger partial charge is 0.481 e. The second-order valence-corrected chi connectivity index (χ2v) is 7.74. The minimum Gasteiger partial charge on any atom is -0.481 e. The molecule has 2 aromatic carbocycles. The Labute approximate surface area is 196 Å². The van der Waals surface area contributed by atoms with E-state index in [2.05, 4.69) is 15.5 Å². The number of carbonyl (C=O) groups excluding carboxylic acids is 1. The van der Waals surface area contributed by atoms with Crippen LogP contribution in [0.15, 0.2) is 66.9 Å². The van der Waals surface area contributed by atoms with E-state index in [9.17, 15) is 9.59 Å². The molecule has 1 amide bonds. The molecule has 0 aliphatic rings. The molecule has 0 bridgehead atoms. The maximum atomic E-state index is 12.7. The number of rotatable bonds is 9. The summed E-state index contributed by atoms with van der Waals surface area (Å²) in [5.41, 5.74) is 4.22. The zero-order chi connectivity index (χ0) is 24.1. The molecule has 0 atom stereocenters. The van der Waals surface area contributed by atoms with Crippen LogP contribution in [0.2, 0.25) is 0 Å². The molecule has 2 aromatic heterocycles. The van der Waals surface area contributed by atoms with E-state index in [1.54, 1.807) is 16.9 Å². The summed E-state index contributed by atoms with van der Waals surface area (Å²) in [4.78, 5) is 23.4. The summed E-state index contributed by atoms with van der Waals surface area (Å²) in [6.45, 7) is 4.03. The van der Waals surface area contributed by atoms with Crippen LogP contribution >= 0.6 is 0 Å². The number of aromatic nitrogens is 4. The summed E-state index contributed by atoms with van der Waals surface area (Å²) >= 11 is 0. The van der Waals surface area contributed by atoms with Gasteiger partial charge in [-0.25, -0.2) is 4.68 Å². The molecule has 34 heavy (non-hydrogen) atoms. The third-order valence-electron chi connectivity index (χ3n) is 5.36. The molecule has 0 radical (unpaired) electrons. The summed E-state index contributed by atoms with van der Waals surface area (Å²) in [5.74, 6) is -0.581. The van der Waals surface area contributed by atoms with Gasteiger partial charge in [-0.15, -0.1) is 0 Å². The number of nitrogens with one attached hydrogen (secondary N) is 1. The number of hydrogen-bond acceptors (Lipinski definition) is 5. The van der Waals surface area contributed by atoms with Crippen LogP contribution in [-0.4, -0.2) is 36.5 Å². The number of amides is 1. The lowest BCUT2D eigenvalue weighted by molar-refractivity contribution is -0.137. The van der Waals surface area contributed by atoms with Crippen LogP contribution in [0.25, 0.3) is 11.1 Å². The van der Waals surface area contributed by atoms with Gasteiger partial charge in [0.25, 0.3) is 5.91 Å². The topological polar surface area (TPSA) is 111 Å². The average Bonchev–Trinajstić information content (AvgIpc) is 3.42. The van der Waals surface area contributed by atoms with Gasteiger partial charge in [-0.1, -0.05) is 48.5 Å². The second kappa shape index (κ2) is 10.0. The summed E-state index contributed by atoms with van der Waals surface area (Å²) in [5, 5.41) is 20.3. The number of para-hydroxylation sites is 1. The smallest absolute Gasteiger partial charge is 0.305 e. The Morgan fingerprint density at radius 3 is 2.50 bits per heavy atom. The van der Waals surface area contributed by atoms with E-state index in [0.29, 0.717) is 11.4 Å². The van der Waals surface area contributed by atoms with E-state index in [-0.39, 0.29) is 25.4 Å². The highest BCUT2D eigenvalue weighted by atomic mass is 16.5. The van der Waals surface area contributed by atoms with Crippen LogP contribution in [0.3, 0.4) is 0 Å². The highest BCUT2D eigenvalue weighted by molar-refractivity contribution is 6.03. The predicted molar refractivity (Wildman–Crippen MR) is 127 cm³/mol. The number of benzene rings is 2. The fourth-order valence-corrected chi connectivity index (χ4v) is 3.58. The first-order chi connectivity index (χ1) is 16.4. The van der Waals surface area contributed by atoms with Crippen molar-refractivity contribution >= 4 is 17.6 Å². The summed E-state index contributed by atoms with van der Waals surface area (Å²) in [6.07, 6.45) is 1.51. The fraction of sp³-hybridized carbons (Fsp3) is 0.200. The van der Waals surface area contributed by atoms with Gasteiger partial charge in [-0.2, -0.15) is 10.2 Å². The summed E-state index contributed by atoms with van der Waals surface area (Å²) < 4.78 is 9.22. The Bertz CT molecular complexity index is 1310. The third-order valence-corrected chi connectivity index (χ3v) is 5.36. The van der Waals surface area contributed by atoms with Crippen molar-refractivity contribution in [2.75, 3.05) is 5.32 Å². The average molecular weight is 460 g/mol. The van der Waals surface area contributed by atoms with Crippen molar-refractivity contribution in [3.63, 3.8) is 0 Å². The molecule has 9 nitrogen and oxygen atoms in total. The van der Waals surface area contributed by atoms with E-state index in [0.717, 1.165) is 22.6 Å². The molecule has 4 rings (SSSR count). The number of hydrogen-bond donors (Lipinski definition) is 2. The highest BCUT2D eigenvalue weighted by Crippen LogP contribution is 2.30. The lowest BCUT2D eigenvalue weighted by atomic mass is 10.1. The van der Waals surface area contributed by atoms with E-state index in [1.165, 1.54) is 4.68 Å². The highest BCUT2D eigenvalue weighted by Gasteiger charge is 2.18. The summed E-state index contributed by atoms with van der Waals surface area (Å²) in [7, 11) is 0. The number of carbonyl (C=O) groups is 2. The van der Waals surface area contributed by atoms with Gasteiger partial charge in [0.05, 0.1) is 30.0 Å². The van der Waals surface area contributed by atoms with Gasteiger partial charge < -0.3 is 15.2 Å². The van der Waals surface area contributed by atoms with E-state index in [4.69, 9.17) is 9.84 Å². The lowest BCUT2D eigenvalue weighted by Crippen LogP contribution is -2.15. The Morgan fingerprint density at radius 1 is 1.00 bits per heavy atom. The normalized spacial score (nSPS) is 10.8. The van der Waals surface area contributed by atoms with Gasteiger partial charge >= 0.3 is 5.97 Å². The molecule has 0 aliphatic heterocycles. The monoisotopic (exact) mass is 459 g/mol. The van der Waals surface area contributed by atoms with Gasteiger partial charge in [0, 0.05) is 11.8 Å². The zero-order valence-electron chi connectivity index (χ0n) is 18.9. The number of ether oxygens (including phenoxy) is 1.